The maximum atomic E-state index is 13.5. The van der Waals surface area contributed by atoms with Crippen LogP contribution in [0.15, 0.2) is 62.5 Å². The third-order valence-corrected chi connectivity index (χ3v) is 7.27. The molecule has 1 N–H and O–H groups in total. The smallest absolute Gasteiger partial charge is 0.275 e. The van der Waals surface area contributed by atoms with E-state index in [1.54, 1.807) is 12.1 Å². The molecule has 0 radical (unpaired) electrons. The Hall–Kier alpha value is -2.90. The Labute approximate surface area is 195 Å². The minimum atomic E-state index is -0.346. The molecule has 1 aromatic heterocycles. The van der Waals surface area contributed by atoms with E-state index in [-0.39, 0.29) is 17.0 Å². The van der Waals surface area contributed by atoms with Crippen LogP contribution in [0.4, 0.5) is 5.69 Å². The average Bonchev–Trinajstić information content (AvgIpc) is 3.30. The molecule has 2 aliphatic heterocycles. The Kier molecular flexibility index (Phi) is 5.39. The number of nitrogens with zero attached hydrogens (tertiary/aromatic N) is 2. The number of carbonyl (C=O) groups excluding carboxylic acids is 1. The molecule has 3 aromatic rings. The van der Waals surface area contributed by atoms with Gasteiger partial charge in [0.1, 0.15) is 23.2 Å². The lowest BCUT2D eigenvalue weighted by Crippen LogP contribution is -2.33. The number of benzene rings is 2. The molecular weight excluding hydrogens is 446 g/mol. The topological polar surface area (TPSA) is 65.8 Å². The van der Waals surface area contributed by atoms with Gasteiger partial charge in [0.15, 0.2) is 0 Å². The van der Waals surface area contributed by atoms with Gasteiger partial charge in [-0.3, -0.25) is 9.59 Å². The number of hydrogen-bond donors (Lipinski definition) is 1. The fraction of sp³-hybridized carbons (Fsp3) is 0.250. The number of hydrogen-bond acceptors (Lipinski definition) is 6. The molecule has 6 nitrogen and oxygen atoms in total. The fourth-order valence-corrected chi connectivity index (χ4v) is 5.36. The Morgan fingerprint density at radius 2 is 1.94 bits per heavy atom. The Bertz CT molecular complexity index is 1330. The van der Waals surface area contributed by atoms with E-state index in [0.29, 0.717) is 21.7 Å². The molecular formula is C24H22ClN3O3S. The van der Waals surface area contributed by atoms with E-state index in [1.165, 1.54) is 18.2 Å². The van der Waals surface area contributed by atoms with Crippen molar-refractivity contribution in [1.29, 1.82) is 0 Å². The van der Waals surface area contributed by atoms with E-state index < -0.39 is 0 Å². The minimum absolute atomic E-state index is 0.0907. The summed E-state index contributed by atoms with van der Waals surface area (Å²) >= 11 is 7.71. The number of aryl methyl sites for hydroxylation is 1. The quantitative estimate of drug-likeness (QED) is 0.540. The second-order valence-electron chi connectivity index (χ2n) is 8.01. The summed E-state index contributed by atoms with van der Waals surface area (Å²) < 4.78 is 7.51. The van der Waals surface area contributed by atoms with Gasteiger partial charge in [0, 0.05) is 35.6 Å². The molecule has 0 aliphatic carbocycles. The van der Waals surface area contributed by atoms with E-state index in [9.17, 15) is 9.59 Å². The van der Waals surface area contributed by atoms with Gasteiger partial charge in [-0.2, -0.15) is 0 Å². The van der Waals surface area contributed by atoms with Crippen molar-refractivity contribution in [3.8, 4) is 0 Å². The van der Waals surface area contributed by atoms with Gasteiger partial charge in [-0.1, -0.05) is 29.8 Å². The molecule has 2 aliphatic rings. The van der Waals surface area contributed by atoms with Crippen molar-refractivity contribution in [3.63, 3.8) is 0 Å². The van der Waals surface area contributed by atoms with E-state index in [1.807, 2.05) is 36.5 Å². The van der Waals surface area contributed by atoms with Gasteiger partial charge >= 0.3 is 0 Å². The van der Waals surface area contributed by atoms with Crippen molar-refractivity contribution in [1.82, 2.24) is 9.21 Å². The molecule has 164 valence electrons. The summed E-state index contributed by atoms with van der Waals surface area (Å²) in [4.78, 5) is 29.9. The molecule has 2 aromatic carbocycles. The maximum Gasteiger partial charge on any atom is 0.275 e. The molecule has 8 heteroatoms. The number of amides is 1. The number of fused-ring (bicyclic) bond motifs is 2. The van der Waals surface area contributed by atoms with Crippen molar-refractivity contribution in [2.75, 3.05) is 25.5 Å². The zero-order valence-corrected chi connectivity index (χ0v) is 19.3. The van der Waals surface area contributed by atoms with Gasteiger partial charge in [-0.05, 0) is 55.5 Å². The number of nitrogens with one attached hydrogen (secondary N) is 1. The number of likely N-dealkylation sites (N-methyl/N-ethyl adjacent to an activating group) is 1. The van der Waals surface area contributed by atoms with Crippen LogP contribution in [0.3, 0.4) is 0 Å². The van der Waals surface area contributed by atoms with Crippen LogP contribution in [0, 0.1) is 6.92 Å². The van der Waals surface area contributed by atoms with Gasteiger partial charge in [0.25, 0.3) is 5.91 Å². The standard InChI is InChI=1S/C24H22ClN3O3S/c1-14-11-19-16(12-17(14)25)23(29)18(13-31-19)26-24(30)22-21(28-9-5-6-10-28)15-7-3-4-8-20(15)32-27(22)2/h3-4,7-8,11-13H,5-6,9-10H2,1-2H3,(H,26,30). The first kappa shape index (κ1) is 21.0. The first-order valence-corrected chi connectivity index (χ1v) is 11.6. The van der Waals surface area contributed by atoms with Gasteiger partial charge in [0.05, 0.1) is 11.1 Å². The van der Waals surface area contributed by atoms with Crippen LogP contribution in [0.25, 0.3) is 16.7 Å². The van der Waals surface area contributed by atoms with Gasteiger partial charge < -0.3 is 18.9 Å². The zero-order chi connectivity index (χ0) is 22.4. The van der Waals surface area contributed by atoms with Crippen LogP contribution in [0.2, 0.25) is 5.02 Å². The van der Waals surface area contributed by atoms with E-state index in [4.69, 9.17) is 16.0 Å². The molecule has 3 heterocycles. The summed E-state index contributed by atoms with van der Waals surface area (Å²) in [6.45, 7) is 3.64. The third-order valence-electron chi connectivity index (χ3n) is 5.86. The van der Waals surface area contributed by atoms with Crippen molar-refractivity contribution in [2.24, 2.45) is 0 Å². The average molecular weight is 468 g/mol. The van der Waals surface area contributed by atoms with Crippen molar-refractivity contribution in [2.45, 2.75) is 24.7 Å². The maximum absolute atomic E-state index is 13.5. The minimum Gasteiger partial charge on any atom is -0.462 e. The second-order valence-corrected chi connectivity index (χ2v) is 9.58. The van der Waals surface area contributed by atoms with E-state index >= 15 is 0 Å². The van der Waals surface area contributed by atoms with E-state index in [0.717, 1.165) is 47.7 Å². The monoisotopic (exact) mass is 467 g/mol. The lowest BCUT2D eigenvalue weighted by atomic mass is 10.1. The highest BCUT2D eigenvalue weighted by Gasteiger charge is 2.33. The third kappa shape index (κ3) is 3.55. The van der Waals surface area contributed by atoms with Crippen molar-refractivity contribution < 1.29 is 9.21 Å². The van der Waals surface area contributed by atoms with Crippen molar-refractivity contribution in [3.05, 3.63) is 74.7 Å². The number of anilines is 1. The van der Waals surface area contributed by atoms with Gasteiger partial charge in [-0.15, -0.1) is 0 Å². The molecule has 0 spiro atoms. The number of halogens is 1. The number of likely N-dealkylation sites (tertiary alicyclic amines) is 1. The largest absolute Gasteiger partial charge is 0.462 e. The first-order valence-electron chi connectivity index (χ1n) is 10.5. The normalized spacial score (nSPS) is 16.0. The molecule has 0 bridgehead atoms. The predicted molar refractivity (Wildman–Crippen MR) is 129 cm³/mol. The first-order chi connectivity index (χ1) is 15.4. The highest BCUT2D eigenvalue weighted by atomic mass is 35.5. The molecule has 1 fully saturated rings. The Morgan fingerprint density at radius 3 is 2.72 bits per heavy atom. The van der Waals surface area contributed by atoms with Crippen LogP contribution in [-0.2, 0) is 4.79 Å². The summed E-state index contributed by atoms with van der Waals surface area (Å²) in [5.41, 5.74) is 3.49. The van der Waals surface area contributed by atoms with Crippen LogP contribution < -0.4 is 10.7 Å². The Morgan fingerprint density at radius 1 is 1.19 bits per heavy atom. The molecule has 1 amide bonds. The molecule has 5 rings (SSSR count). The van der Waals surface area contributed by atoms with Crippen LogP contribution >= 0.6 is 23.5 Å². The molecule has 0 unspecified atom stereocenters. The molecule has 0 saturated carbocycles. The fourth-order valence-electron chi connectivity index (χ4n) is 4.24. The summed E-state index contributed by atoms with van der Waals surface area (Å²) in [5.74, 6) is -0.346. The molecule has 1 saturated heterocycles. The highest BCUT2D eigenvalue weighted by Crippen LogP contribution is 2.42. The van der Waals surface area contributed by atoms with Crippen LogP contribution in [0.1, 0.15) is 24.0 Å². The predicted octanol–water partition coefficient (Wildman–Crippen LogP) is 5.11. The van der Waals surface area contributed by atoms with Crippen LogP contribution in [-0.4, -0.2) is 35.2 Å². The highest BCUT2D eigenvalue weighted by molar-refractivity contribution is 7.97. The van der Waals surface area contributed by atoms with E-state index in [2.05, 4.69) is 16.3 Å². The number of carbonyl (C=O) groups is 1. The molecule has 32 heavy (non-hydrogen) atoms. The lowest BCUT2D eigenvalue weighted by Gasteiger charge is -2.34. The lowest BCUT2D eigenvalue weighted by molar-refractivity contribution is -0.113. The van der Waals surface area contributed by atoms with Gasteiger partial charge in [0.2, 0.25) is 5.43 Å². The summed E-state index contributed by atoms with van der Waals surface area (Å²) in [6.07, 6.45) is 3.48. The molecule has 0 atom stereocenters. The summed E-state index contributed by atoms with van der Waals surface area (Å²) in [6, 6.07) is 11.4. The summed E-state index contributed by atoms with van der Waals surface area (Å²) in [7, 11) is 1.87. The zero-order valence-electron chi connectivity index (χ0n) is 17.8. The summed E-state index contributed by atoms with van der Waals surface area (Å²) in [5, 5.41) is 3.61. The SMILES string of the molecule is Cc1cc2occ(NC(=O)C3=C(N4CCCC4)c4ccccc4SN3C)c(=O)c2cc1Cl. The second kappa shape index (κ2) is 8.22. The Balaban J connectivity index is 1.59. The van der Waals surface area contributed by atoms with Crippen molar-refractivity contribution >= 4 is 51.8 Å². The van der Waals surface area contributed by atoms with Crippen LogP contribution in [0.5, 0.6) is 0 Å². The number of rotatable bonds is 3. The van der Waals surface area contributed by atoms with Gasteiger partial charge in [-0.25, -0.2) is 0 Å².